The summed E-state index contributed by atoms with van der Waals surface area (Å²) >= 11 is 0. The van der Waals surface area contributed by atoms with Gasteiger partial charge in [0, 0.05) is 18.8 Å². The number of amides is 1. The van der Waals surface area contributed by atoms with Crippen molar-refractivity contribution >= 4 is 11.9 Å². The van der Waals surface area contributed by atoms with Crippen LogP contribution >= 0.6 is 0 Å². The van der Waals surface area contributed by atoms with E-state index in [-0.39, 0.29) is 5.91 Å². The normalized spacial score (nSPS) is 10.4. The van der Waals surface area contributed by atoms with Crippen LogP contribution in [0.15, 0.2) is 18.5 Å². The number of unbranched alkanes of at least 4 members (excludes halogenated alkanes) is 1. The molecule has 1 amide bonds. The van der Waals surface area contributed by atoms with Crippen LogP contribution in [0.1, 0.15) is 39.5 Å². The first-order valence-electron chi connectivity index (χ1n) is 5.75. The van der Waals surface area contributed by atoms with E-state index in [0.717, 1.165) is 12.8 Å². The van der Waals surface area contributed by atoms with Crippen molar-refractivity contribution in [2.75, 3.05) is 5.32 Å². The first kappa shape index (κ1) is 12.6. The lowest BCUT2D eigenvalue weighted by Gasteiger charge is -2.04. The van der Waals surface area contributed by atoms with Crippen molar-refractivity contribution in [3.63, 3.8) is 0 Å². The summed E-state index contributed by atoms with van der Waals surface area (Å²) in [5, 5.41) is 2.67. The van der Waals surface area contributed by atoms with Gasteiger partial charge in [0.05, 0.1) is 0 Å². The summed E-state index contributed by atoms with van der Waals surface area (Å²) in [5.74, 6) is 1.09. The second-order valence-electron chi connectivity index (χ2n) is 4.26. The van der Waals surface area contributed by atoms with Crippen LogP contribution < -0.4 is 5.32 Å². The topological polar surface area (TPSA) is 54.9 Å². The van der Waals surface area contributed by atoms with E-state index in [0.29, 0.717) is 18.3 Å². The van der Waals surface area contributed by atoms with Crippen molar-refractivity contribution in [3.8, 4) is 0 Å². The minimum atomic E-state index is -0.00467. The molecule has 16 heavy (non-hydrogen) atoms. The minimum absolute atomic E-state index is 0.00467. The SMILES string of the molecule is CC(C)CCCCC(=O)Nc1ncccn1. The quantitative estimate of drug-likeness (QED) is 0.751. The number of nitrogens with zero attached hydrogens (tertiary/aromatic N) is 2. The first-order valence-corrected chi connectivity index (χ1v) is 5.75. The molecular formula is C12H19N3O. The molecule has 88 valence electrons. The van der Waals surface area contributed by atoms with Crippen LogP contribution in [0.5, 0.6) is 0 Å². The standard InChI is InChI=1S/C12H19N3O/c1-10(2)6-3-4-7-11(16)15-12-13-8-5-9-14-12/h5,8-10H,3-4,6-7H2,1-2H3,(H,13,14,15,16). The molecule has 0 bridgehead atoms. The number of carbonyl (C=O) groups excluding carboxylic acids is 1. The molecule has 1 N–H and O–H groups in total. The van der Waals surface area contributed by atoms with Gasteiger partial charge in [0.2, 0.25) is 11.9 Å². The molecular weight excluding hydrogens is 202 g/mol. The van der Waals surface area contributed by atoms with Gasteiger partial charge in [-0.3, -0.25) is 10.1 Å². The van der Waals surface area contributed by atoms with E-state index in [1.54, 1.807) is 18.5 Å². The maximum atomic E-state index is 11.5. The van der Waals surface area contributed by atoms with E-state index < -0.39 is 0 Å². The smallest absolute Gasteiger partial charge is 0.229 e. The van der Waals surface area contributed by atoms with Gasteiger partial charge in [0.15, 0.2) is 0 Å². The van der Waals surface area contributed by atoms with Crippen molar-refractivity contribution in [3.05, 3.63) is 18.5 Å². The highest BCUT2D eigenvalue weighted by Crippen LogP contribution is 2.08. The Hall–Kier alpha value is -1.45. The van der Waals surface area contributed by atoms with E-state index >= 15 is 0 Å². The number of rotatable bonds is 6. The molecule has 0 aromatic carbocycles. The van der Waals surface area contributed by atoms with Crippen LogP contribution in [-0.2, 0) is 4.79 Å². The lowest BCUT2D eigenvalue weighted by atomic mass is 10.1. The Bertz CT molecular complexity index is 311. The molecule has 0 spiro atoms. The molecule has 0 atom stereocenters. The summed E-state index contributed by atoms with van der Waals surface area (Å²) in [6.45, 7) is 4.38. The zero-order chi connectivity index (χ0) is 11.8. The fraction of sp³-hybridized carbons (Fsp3) is 0.583. The summed E-state index contributed by atoms with van der Waals surface area (Å²) in [6.07, 6.45) is 6.97. The van der Waals surface area contributed by atoms with E-state index in [4.69, 9.17) is 0 Å². The van der Waals surface area contributed by atoms with Crippen LogP contribution in [-0.4, -0.2) is 15.9 Å². The zero-order valence-electron chi connectivity index (χ0n) is 9.94. The monoisotopic (exact) mass is 221 g/mol. The van der Waals surface area contributed by atoms with Gasteiger partial charge in [-0.1, -0.05) is 26.7 Å². The predicted octanol–water partition coefficient (Wildman–Crippen LogP) is 2.63. The molecule has 1 rings (SSSR count). The Balaban J connectivity index is 2.17. The molecule has 1 heterocycles. The molecule has 0 saturated heterocycles. The van der Waals surface area contributed by atoms with Gasteiger partial charge in [-0.15, -0.1) is 0 Å². The second kappa shape index (κ2) is 6.93. The van der Waals surface area contributed by atoms with E-state index in [9.17, 15) is 4.79 Å². The van der Waals surface area contributed by atoms with Crippen LogP contribution in [0.2, 0.25) is 0 Å². The summed E-state index contributed by atoms with van der Waals surface area (Å²) in [7, 11) is 0. The molecule has 4 nitrogen and oxygen atoms in total. The van der Waals surface area contributed by atoms with Gasteiger partial charge < -0.3 is 0 Å². The van der Waals surface area contributed by atoms with Gasteiger partial charge in [-0.05, 0) is 18.4 Å². The minimum Gasteiger partial charge on any atom is -0.295 e. The Morgan fingerprint density at radius 1 is 1.31 bits per heavy atom. The van der Waals surface area contributed by atoms with Gasteiger partial charge in [0.1, 0.15) is 0 Å². The first-order chi connectivity index (χ1) is 7.68. The Kier molecular flexibility index (Phi) is 5.46. The summed E-state index contributed by atoms with van der Waals surface area (Å²) in [6, 6.07) is 1.72. The molecule has 0 saturated carbocycles. The molecule has 1 aromatic rings. The molecule has 1 aromatic heterocycles. The third-order valence-electron chi connectivity index (χ3n) is 2.25. The molecule has 0 aliphatic carbocycles. The predicted molar refractivity (Wildman–Crippen MR) is 64.0 cm³/mol. The van der Waals surface area contributed by atoms with E-state index in [2.05, 4.69) is 29.1 Å². The lowest BCUT2D eigenvalue weighted by Crippen LogP contribution is -2.13. The van der Waals surface area contributed by atoms with Crippen molar-refractivity contribution < 1.29 is 4.79 Å². The Morgan fingerprint density at radius 2 is 2.00 bits per heavy atom. The maximum Gasteiger partial charge on any atom is 0.229 e. The van der Waals surface area contributed by atoms with Gasteiger partial charge in [0.25, 0.3) is 0 Å². The number of hydrogen-bond donors (Lipinski definition) is 1. The third kappa shape index (κ3) is 5.44. The number of carbonyl (C=O) groups is 1. The summed E-state index contributed by atoms with van der Waals surface area (Å²) in [5.41, 5.74) is 0. The lowest BCUT2D eigenvalue weighted by molar-refractivity contribution is -0.116. The van der Waals surface area contributed by atoms with Gasteiger partial charge >= 0.3 is 0 Å². The highest BCUT2D eigenvalue weighted by molar-refractivity contribution is 5.88. The highest BCUT2D eigenvalue weighted by atomic mass is 16.1. The molecule has 4 heteroatoms. The van der Waals surface area contributed by atoms with Crippen LogP contribution in [0, 0.1) is 5.92 Å². The van der Waals surface area contributed by atoms with Crippen molar-refractivity contribution in [1.82, 2.24) is 9.97 Å². The van der Waals surface area contributed by atoms with Crippen LogP contribution in [0.4, 0.5) is 5.95 Å². The zero-order valence-corrected chi connectivity index (χ0v) is 9.94. The molecule has 0 aliphatic heterocycles. The highest BCUT2D eigenvalue weighted by Gasteiger charge is 2.03. The molecule has 0 radical (unpaired) electrons. The average molecular weight is 221 g/mol. The fourth-order valence-corrected chi connectivity index (χ4v) is 1.39. The van der Waals surface area contributed by atoms with Crippen LogP contribution in [0.3, 0.4) is 0 Å². The fourth-order valence-electron chi connectivity index (χ4n) is 1.39. The van der Waals surface area contributed by atoms with Crippen molar-refractivity contribution in [2.24, 2.45) is 5.92 Å². The summed E-state index contributed by atoms with van der Waals surface area (Å²) < 4.78 is 0. The second-order valence-corrected chi connectivity index (χ2v) is 4.26. The Labute approximate surface area is 96.5 Å². The van der Waals surface area contributed by atoms with Crippen molar-refractivity contribution in [2.45, 2.75) is 39.5 Å². The molecule has 0 unspecified atom stereocenters. The number of nitrogens with one attached hydrogen (secondary N) is 1. The Morgan fingerprint density at radius 3 is 2.62 bits per heavy atom. The summed E-state index contributed by atoms with van der Waals surface area (Å²) in [4.78, 5) is 19.3. The van der Waals surface area contributed by atoms with Gasteiger partial charge in [-0.2, -0.15) is 0 Å². The third-order valence-corrected chi connectivity index (χ3v) is 2.25. The maximum absolute atomic E-state index is 11.5. The van der Waals surface area contributed by atoms with Gasteiger partial charge in [-0.25, -0.2) is 9.97 Å². The number of hydrogen-bond acceptors (Lipinski definition) is 3. The van der Waals surface area contributed by atoms with E-state index in [1.165, 1.54) is 6.42 Å². The van der Waals surface area contributed by atoms with Crippen LogP contribution in [0.25, 0.3) is 0 Å². The average Bonchev–Trinajstić information content (AvgIpc) is 2.25. The number of anilines is 1. The molecule has 0 fully saturated rings. The van der Waals surface area contributed by atoms with E-state index in [1.807, 2.05) is 0 Å². The largest absolute Gasteiger partial charge is 0.295 e. The number of aromatic nitrogens is 2. The van der Waals surface area contributed by atoms with Crippen molar-refractivity contribution in [1.29, 1.82) is 0 Å². The molecule has 0 aliphatic rings.